The molecule has 3 heteroatoms. The van der Waals surface area contributed by atoms with E-state index in [4.69, 9.17) is 4.42 Å². The molecule has 0 fully saturated rings. The van der Waals surface area contributed by atoms with E-state index in [1.807, 2.05) is 17.7 Å². The van der Waals surface area contributed by atoms with Gasteiger partial charge in [0.2, 0.25) is 0 Å². The van der Waals surface area contributed by atoms with Gasteiger partial charge < -0.3 is 4.42 Å². The normalized spacial score (nSPS) is 11.2. The van der Waals surface area contributed by atoms with Crippen LogP contribution in [0.25, 0.3) is 17.4 Å². The molecule has 0 saturated carbocycles. The summed E-state index contributed by atoms with van der Waals surface area (Å²) in [4.78, 5) is 0. The monoisotopic (exact) mass is 222 g/mol. The van der Waals surface area contributed by atoms with Gasteiger partial charge in [-0.2, -0.15) is 11.3 Å². The van der Waals surface area contributed by atoms with Gasteiger partial charge in [0.15, 0.2) is 0 Å². The summed E-state index contributed by atoms with van der Waals surface area (Å²) in [5.41, 5.74) is 2.26. The quantitative estimate of drug-likeness (QED) is 0.766. The molecule has 0 N–H and O–H groups in total. The molecule has 0 aliphatic rings. The summed E-state index contributed by atoms with van der Waals surface area (Å²) >= 11 is 3.36. The highest BCUT2D eigenvalue weighted by Gasteiger charge is 2.02. The van der Waals surface area contributed by atoms with Crippen molar-refractivity contribution in [3.63, 3.8) is 0 Å². The molecule has 0 spiro atoms. The Labute approximate surface area is 91.5 Å². The standard InChI is InChI=1S/C11H10OS2/c1-13-4-2-9-6-11(12-7-9)10-3-5-14-8-10/h2-8H,1H3/b4-2-. The van der Waals surface area contributed by atoms with Gasteiger partial charge in [-0.05, 0) is 35.3 Å². The highest BCUT2D eigenvalue weighted by Crippen LogP contribution is 2.24. The van der Waals surface area contributed by atoms with E-state index < -0.39 is 0 Å². The van der Waals surface area contributed by atoms with E-state index in [1.165, 1.54) is 0 Å². The third kappa shape index (κ3) is 2.11. The van der Waals surface area contributed by atoms with Crippen LogP contribution in [0, 0.1) is 0 Å². The Kier molecular flexibility index (Phi) is 3.11. The minimum absolute atomic E-state index is 0.937. The number of thioether (sulfide) groups is 1. The first kappa shape index (κ1) is 9.62. The molecule has 2 aromatic heterocycles. The van der Waals surface area contributed by atoms with E-state index >= 15 is 0 Å². The summed E-state index contributed by atoms with van der Waals surface area (Å²) in [6.07, 6.45) is 5.86. The smallest absolute Gasteiger partial charge is 0.135 e. The highest BCUT2D eigenvalue weighted by molar-refractivity contribution is 8.01. The fraction of sp³-hybridized carbons (Fsp3) is 0.0909. The van der Waals surface area contributed by atoms with Crippen LogP contribution in [0.2, 0.25) is 0 Å². The van der Waals surface area contributed by atoms with Crippen molar-refractivity contribution in [1.29, 1.82) is 0 Å². The van der Waals surface area contributed by atoms with Gasteiger partial charge in [-0.25, -0.2) is 0 Å². The fourth-order valence-electron chi connectivity index (χ4n) is 1.14. The molecule has 0 aromatic carbocycles. The fourth-order valence-corrected chi connectivity index (χ4v) is 2.08. The van der Waals surface area contributed by atoms with Crippen molar-refractivity contribution in [3.05, 3.63) is 40.1 Å². The van der Waals surface area contributed by atoms with Crippen molar-refractivity contribution in [2.45, 2.75) is 0 Å². The molecule has 1 nitrogen and oxygen atoms in total. The summed E-state index contributed by atoms with van der Waals surface area (Å²) in [5, 5.41) is 6.18. The van der Waals surface area contributed by atoms with E-state index in [0.717, 1.165) is 16.9 Å². The number of furan rings is 1. The number of thiophene rings is 1. The van der Waals surface area contributed by atoms with E-state index in [2.05, 4.69) is 22.9 Å². The highest BCUT2D eigenvalue weighted by atomic mass is 32.2. The third-order valence-corrected chi connectivity index (χ3v) is 2.91. The predicted molar refractivity (Wildman–Crippen MR) is 64.6 cm³/mol. The maximum Gasteiger partial charge on any atom is 0.135 e. The second-order valence-electron chi connectivity index (χ2n) is 2.79. The zero-order valence-electron chi connectivity index (χ0n) is 7.77. The molecule has 14 heavy (non-hydrogen) atoms. The van der Waals surface area contributed by atoms with Gasteiger partial charge in [-0.15, -0.1) is 11.8 Å². The number of hydrogen-bond donors (Lipinski definition) is 0. The molecular weight excluding hydrogens is 212 g/mol. The van der Waals surface area contributed by atoms with E-state index in [-0.39, 0.29) is 0 Å². The molecule has 2 heterocycles. The predicted octanol–water partition coefficient (Wildman–Crippen LogP) is 4.34. The number of hydrogen-bond acceptors (Lipinski definition) is 3. The first-order valence-electron chi connectivity index (χ1n) is 4.20. The van der Waals surface area contributed by atoms with Crippen molar-refractivity contribution >= 4 is 29.2 Å². The van der Waals surface area contributed by atoms with Crippen LogP contribution in [0.5, 0.6) is 0 Å². The summed E-state index contributed by atoms with van der Waals surface area (Å²) < 4.78 is 5.45. The molecule has 0 bridgehead atoms. The zero-order chi connectivity index (χ0) is 9.80. The molecule has 0 aliphatic carbocycles. The van der Waals surface area contributed by atoms with Gasteiger partial charge in [-0.1, -0.05) is 0 Å². The summed E-state index contributed by atoms with van der Waals surface area (Å²) in [6.45, 7) is 0. The Bertz CT molecular complexity index is 412. The molecule has 72 valence electrons. The average molecular weight is 222 g/mol. The van der Waals surface area contributed by atoms with Crippen LogP contribution in [0.1, 0.15) is 5.56 Å². The van der Waals surface area contributed by atoms with Crippen molar-refractivity contribution in [1.82, 2.24) is 0 Å². The molecule has 0 aliphatic heterocycles. The Balaban J connectivity index is 2.22. The van der Waals surface area contributed by atoms with Crippen LogP contribution in [0.3, 0.4) is 0 Å². The molecule has 0 saturated heterocycles. The van der Waals surface area contributed by atoms with Gasteiger partial charge >= 0.3 is 0 Å². The van der Waals surface area contributed by atoms with Gasteiger partial charge in [0, 0.05) is 16.5 Å². The van der Waals surface area contributed by atoms with Crippen molar-refractivity contribution in [2.24, 2.45) is 0 Å². The van der Waals surface area contributed by atoms with E-state index in [1.54, 1.807) is 29.4 Å². The third-order valence-electron chi connectivity index (χ3n) is 1.82. The largest absolute Gasteiger partial charge is 0.464 e. The van der Waals surface area contributed by atoms with E-state index in [9.17, 15) is 0 Å². The topological polar surface area (TPSA) is 13.1 Å². The second kappa shape index (κ2) is 4.53. The minimum Gasteiger partial charge on any atom is -0.464 e. The first-order valence-corrected chi connectivity index (χ1v) is 6.43. The minimum atomic E-state index is 0.937. The summed E-state index contributed by atoms with van der Waals surface area (Å²) in [5.74, 6) is 0.937. The molecular formula is C11H10OS2. The Morgan fingerprint density at radius 3 is 3.14 bits per heavy atom. The van der Waals surface area contributed by atoms with Crippen LogP contribution < -0.4 is 0 Å². The lowest BCUT2D eigenvalue weighted by atomic mass is 10.2. The van der Waals surface area contributed by atoms with E-state index in [0.29, 0.717) is 0 Å². The van der Waals surface area contributed by atoms with Gasteiger partial charge in [0.05, 0.1) is 6.26 Å². The lowest BCUT2D eigenvalue weighted by molar-refractivity contribution is 0.582. The van der Waals surface area contributed by atoms with Crippen LogP contribution in [-0.4, -0.2) is 6.26 Å². The van der Waals surface area contributed by atoms with Crippen molar-refractivity contribution in [3.8, 4) is 11.3 Å². The van der Waals surface area contributed by atoms with Crippen molar-refractivity contribution < 1.29 is 4.42 Å². The van der Waals surface area contributed by atoms with Gasteiger partial charge in [0.1, 0.15) is 5.76 Å². The Morgan fingerprint density at radius 1 is 1.50 bits per heavy atom. The Morgan fingerprint density at radius 2 is 2.43 bits per heavy atom. The van der Waals surface area contributed by atoms with Crippen LogP contribution in [0.15, 0.2) is 39.0 Å². The molecule has 0 atom stereocenters. The van der Waals surface area contributed by atoms with Crippen LogP contribution >= 0.6 is 23.1 Å². The maximum atomic E-state index is 5.45. The van der Waals surface area contributed by atoms with Crippen LogP contribution in [-0.2, 0) is 0 Å². The average Bonchev–Trinajstić information content (AvgIpc) is 2.85. The Hall–Kier alpha value is -0.930. The van der Waals surface area contributed by atoms with Crippen LogP contribution in [0.4, 0.5) is 0 Å². The lowest BCUT2D eigenvalue weighted by Gasteiger charge is -1.85. The molecule has 0 radical (unpaired) electrons. The zero-order valence-corrected chi connectivity index (χ0v) is 9.40. The number of rotatable bonds is 3. The van der Waals surface area contributed by atoms with Gasteiger partial charge in [0.25, 0.3) is 0 Å². The SMILES string of the molecule is CS/C=C\c1coc(-c2ccsc2)c1. The van der Waals surface area contributed by atoms with Gasteiger partial charge in [-0.3, -0.25) is 0 Å². The summed E-state index contributed by atoms with van der Waals surface area (Å²) in [6, 6.07) is 4.11. The molecule has 0 unspecified atom stereocenters. The van der Waals surface area contributed by atoms with Crippen molar-refractivity contribution in [2.75, 3.05) is 6.26 Å². The second-order valence-corrected chi connectivity index (χ2v) is 4.32. The lowest BCUT2D eigenvalue weighted by Crippen LogP contribution is -1.63. The molecule has 2 rings (SSSR count). The molecule has 2 aromatic rings. The summed E-state index contributed by atoms with van der Waals surface area (Å²) in [7, 11) is 0. The first-order chi connectivity index (χ1) is 6.90. The molecule has 0 amide bonds. The maximum absolute atomic E-state index is 5.45.